The van der Waals surface area contributed by atoms with Crippen LogP contribution in [0, 0.1) is 0 Å². The Morgan fingerprint density at radius 1 is 0.795 bits per heavy atom. The summed E-state index contributed by atoms with van der Waals surface area (Å²) in [4.78, 5) is 17.7. The number of carbonyl (C=O) groups is 1. The molecule has 0 radical (unpaired) electrons. The Bertz CT molecular complexity index is 1830. The number of nitrogens with zero attached hydrogens (tertiary/aromatic N) is 1. The molecule has 0 bridgehead atoms. The molecule has 190 valence electrons. The summed E-state index contributed by atoms with van der Waals surface area (Å²) in [5.74, 6) is 0.641. The number of amides is 1. The molecule has 0 aliphatic heterocycles. The van der Waals surface area contributed by atoms with Crippen LogP contribution >= 0.6 is 12.2 Å². The summed E-state index contributed by atoms with van der Waals surface area (Å²) in [6, 6.07) is 35.2. The first kappa shape index (κ1) is 24.3. The van der Waals surface area contributed by atoms with E-state index in [2.05, 4.69) is 39.9 Å². The number of ether oxygens (including phenoxy) is 1. The maximum absolute atomic E-state index is 13.0. The number of thiocarbonyl (C=S) groups is 1. The number of anilines is 1. The van der Waals surface area contributed by atoms with Gasteiger partial charge in [0.2, 0.25) is 5.89 Å². The van der Waals surface area contributed by atoms with Crippen molar-refractivity contribution < 1.29 is 13.9 Å². The number of nitrogens with one attached hydrogen (secondary N) is 2. The molecule has 7 heteroatoms. The number of hydrogen-bond acceptors (Lipinski definition) is 5. The minimum Gasteiger partial charge on any atom is -0.496 e. The number of carbonyl (C=O) groups excluding carboxylic acids is 1. The molecule has 6 rings (SSSR count). The lowest BCUT2D eigenvalue weighted by Gasteiger charge is -2.12. The van der Waals surface area contributed by atoms with Gasteiger partial charge in [0.1, 0.15) is 11.3 Å². The molecule has 0 fully saturated rings. The molecule has 0 aliphatic carbocycles. The molecular formula is C32H23N3O3S. The van der Waals surface area contributed by atoms with Gasteiger partial charge in [-0.05, 0) is 76.6 Å². The molecular weight excluding hydrogens is 506 g/mol. The Morgan fingerprint density at radius 2 is 1.46 bits per heavy atom. The van der Waals surface area contributed by atoms with E-state index in [1.807, 2.05) is 78.9 Å². The van der Waals surface area contributed by atoms with Crippen LogP contribution in [0.4, 0.5) is 5.69 Å². The molecule has 0 unspecified atom stereocenters. The van der Waals surface area contributed by atoms with Gasteiger partial charge in [0.25, 0.3) is 5.91 Å². The summed E-state index contributed by atoms with van der Waals surface area (Å²) >= 11 is 5.42. The van der Waals surface area contributed by atoms with Gasteiger partial charge in [-0.25, -0.2) is 4.98 Å². The van der Waals surface area contributed by atoms with Crippen LogP contribution in [0.3, 0.4) is 0 Å². The average Bonchev–Trinajstić information content (AvgIpc) is 3.40. The Kier molecular flexibility index (Phi) is 6.49. The zero-order valence-corrected chi connectivity index (χ0v) is 21.8. The van der Waals surface area contributed by atoms with Gasteiger partial charge in [-0.15, -0.1) is 0 Å². The van der Waals surface area contributed by atoms with Crippen LogP contribution in [0.5, 0.6) is 5.75 Å². The molecule has 39 heavy (non-hydrogen) atoms. The van der Waals surface area contributed by atoms with Crippen LogP contribution in [0.2, 0.25) is 0 Å². The van der Waals surface area contributed by atoms with E-state index in [9.17, 15) is 4.79 Å². The number of methoxy groups -OCH3 is 1. The maximum atomic E-state index is 13.0. The first-order chi connectivity index (χ1) is 19.1. The van der Waals surface area contributed by atoms with Gasteiger partial charge in [-0.2, -0.15) is 0 Å². The fourth-order valence-corrected chi connectivity index (χ4v) is 4.67. The fraction of sp³-hybridized carbons (Fsp3) is 0.0312. The number of aromatic nitrogens is 1. The third-order valence-corrected chi connectivity index (χ3v) is 6.63. The van der Waals surface area contributed by atoms with Crippen molar-refractivity contribution in [3.8, 4) is 28.3 Å². The summed E-state index contributed by atoms with van der Waals surface area (Å²) in [6.45, 7) is 0. The highest BCUT2D eigenvalue weighted by Gasteiger charge is 2.16. The molecule has 5 aromatic carbocycles. The first-order valence-electron chi connectivity index (χ1n) is 12.3. The zero-order chi connectivity index (χ0) is 26.8. The van der Waals surface area contributed by atoms with E-state index in [1.54, 1.807) is 6.07 Å². The van der Waals surface area contributed by atoms with Crippen LogP contribution < -0.4 is 15.4 Å². The van der Waals surface area contributed by atoms with Gasteiger partial charge in [0.05, 0.1) is 12.7 Å². The van der Waals surface area contributed by atoms with Gasteiger partial charge in [0.15, 0.2) is 10.7 Å². The highest BCUT2D eigenvalue weighted by atomic mass is 32.1. The normalized spacial score (nSPS) is 10.9. The predicted octanol–water partition coefficient (Wildman–Crippen LogP) is 7.45. The minimum atomic E-state index is -0.362. The number of benzene rings is 5. The average molecular weight is 530 g/mol. The van der Waals surface area contributed by atoms with Crippen molar-refractivity contribution in [1.82, 2.24) is 10.3 Å². The van der Waals surface area contributed by atoms with Crippen LogP contribution in [0.15, 0.2) is 114 Å². The Labute approximate surface area is 230 Å². The fourth-order valence-electron chi connectivity index (χ4n) is 4.46. The summed E-state index contributed by atoms with van der Waals surface area (Å²) in [5.41, 5.74) is 5.56. The standard InChI is InChI=1S/C32H23N3O3S/c1-37-29-18-24-10-6-5-9-23(24)17-26(29)30(36)35-32(39)33-25-15-16-28-27(19-25)34-31(38-28)22-13-11-21(12-14-22)20-7-3-2-4-8-20/h2-19H,1H3,(H2,33,35,36,39). The van der Waals surface area contributed by atoms with Gasteiger partial charge >= 0.3 is 0 Å². The van der Waals surface area contributed by atoms with Gasteiger partial charge in [0, 0.05) is 11.3 Å². The van der Waals surface area contributed by atoms with Crippen molar-refractivity contribution in [2.75, 3.05) is 12.4 Å². The van der Waals surface area contributed by atoms with E-state index in [1.165, 1.54) is 7.11 Å². The first-order valence-corrected chi connectivity index (χ1v) is 12.7. The second kappa shape index (κ2) is 10.4. The highest BCUT2D eigenvalue weighted by Crippen LogP contribution is 2.29. The molecule has 0 spiro atoms. The molecule has 1 amide bonds. The SMILES string of the molecule is COc1cc2ccccc2cc1C(=O)NC(=S)Nc1ccc2oc(-c3ccc(-c4ccccc4)cc3)nc2c1. The molecule has 6 aromatic rings. The van der Waals surface area contributed by atoms with E-state index in [4.69, 9.17) is 21.4 Å². The topological polar surface area (TPSA) is 76.4 Å². The molecule has 6 nitrogen and oxygen atoms in total. The summed E-state index contributed by atoms with van der Waals surface area (Å²) in [7, 11) is 1.54. The van der Waals surface area contributed by atoms with Crippen LogP contribution in [-0.2, 0) is 0 Å². The predicted molar refractivity (Wildman–Crippen MR) is 159 cm³/mol. The van der Waals surface area contributed by atoms with Crippen molar-refractivity contribution in [3.05, 3.63) is 115 Å². The summed E-state index contributed by atoms with van der Waals surface area (Å²) in [6.07, 6.45) is 0. The van der Waals surface area contributed by atoms with Crippen molar-refractivity contribution in [2.45, 2.75) is 0 Å². The van der Waals surface area contributed by atoms with E-state index in [0.717, 1.165) is 27.5 Å². The van der Waals surface area contributed by atoms with Crippen LogP contribution in [0.1, 0.15) is 10.4 Å². The second-order valence-electron chi connectivity index (χ2n) is 8.95. The summed E-state index contributed by atoms with van der Waals surface area (Å²) in [5, 5.41) is 7.88. The molecule has 0 atom stereocenters. The van der Waals surface area contributed by atoms with Crippen molar-refractivity contribution >= 4 is 50.8 Å². The lowest BCUT2D eigenvalue weighted by atomic mass is 10.0. The summed E-state index contributed by atoms with van der Waals surface area (Å²) < 4.78 is 11.4. The van der Waals surface area contributed by atoms with E-state index >= 15 is 0 Å². The van der Waals surface area contributed by atoms with Gasteiger partial charge < -0.3 is 14.5 Å². The minimum absolute atomic E-state index is 0.162. The number of oxazole rings is 1. The largest absolute Gasteiger partial charge is 0.496 e. The smallest absolute Gasteiger partial charge is 0.261 e. The molecule has 0 saturated heterocycles. The third kappa shape index (κ3) is 5.08. The molecule has 2 N–H and O–H groups in total. The van der Waals surface area contributed by atoms with Crippen molar-refractivity contribution in [1.29, 1.82) is 0 Å². The third-order valence-electron chi connectivity index (χ3n) is 6.42. The van der Waals surface area contributed by atoms with Gasteiger partial charge in [-0.3, -0.25) is 10.1 Å². The Balaban J connectivity index is 1.17. The highest BCUT2D eigenvalue weighted by molar-refractivity contribution is 7.80. The Hall–Kier alpha value is -5.01. The number of fused-ring (bicyclic) bond motifs is 2. The monoisotopic (exact) mass is 529 g/mol. The van der Waals surface area contributed by atoms with E-state index in [0.29, 0.717) is 34.0 Å². The van der Waals surface area contributed by atoms with Crippen molar-refractivity contribution in [2.24, 2.45) is 0 Å². The molecule has 1 heterocycles. The van der Waals surface area contributed by atoms with Crippen LogP contribution in [-0.4, -0.2) is 23.1 Å². The lowest BCUT2D eigenvalue weighted by Crippen LogP contribution is -2.34. The molecule has 0 aliphatic rings. The molecule has 1 aromatic heterocycles. The Morgan fingerprint density at radius 3 is 2.21 bits per heavy atom. The van der Waals surface area contributed by atoms with E-state index < -0.39 is 0 Å². The van der Waals surface area contributed by atoms with Gasteiger partial charge in [-0.1, -0.05) is 66.7 Å². The maximum Gasteiger partial charge on any atom is 0.261 e. The van der Waals surface area contributed by atoms with Crippen LogP contribution in [0.25, 0.3) is 44.5 Å². The number of hydrogen-bond donors (Lipinski definition) is 2. The second-order valence-corrected chi connectivity index (χ2v) is 9.36. The number of rotatable bonds is 5. The van der Waals surface area contributed by atoms with E-state index in [-0.39, 0.29) is 11.0 Å². The lowest BCUT2D eigenvalue weighted by molar-refractivity contribution is 0.0975. The quantitative estimate of drug-likeness (QED) is 0.226. The molecule has 0 saturated carbocycles. The van der Waals surface area contributed by atoms with Crippen molar-refractivity contribution in [3.63, 3.8) is 0 Å². The zero-order valence-electron chi connectivity index (χ0n) is 21.0.